The van der Waals surface area contributed by atoms with E-state index in [2.05, 4.69) is 0 Å². The van der Waals surface area contributed by atoms with Gasteiger partial charge in [-0.15, -0.1) is 0 Å². The highest BCUT2D eigenvalue weighted by Crippen LogP contribution is 2.22. The van der Waals surface area contributed by atoms with Crippen LogP contribution in [0.3, 0.4) is 0 Å². The average molecular weight is 388 g/mol. The molecule has 0 aromatic heterocycles. The topological polar surface area (TPSA) is 66.9 Å². The molecule has 1 heterocycles. The van der Waals surface area contributed by atoms with E-state index in [4.69, 9.17) is 4.74 Å². The number of rotatable bonds is 5. The summed E-state index contributed by atoms with van der Waals surface area (Å²) < 4.78 is 32.4. The first-order valence-corrected chi connectivity index (χ1v) is 10.4. The van der Waals surface area contributed by atoms with Crippen molar-refractivity contribution in [2.45, 2.75) is 18.7 Å². The first kappa shape index (κ1) is 19.4. The van der Waals surface area contributed by atoms with Crippen molar-refractivity contribution in [1.82, 2.24) is 9.21 Å². The molecule has 2 aromatic rings. The molecule has 27 heavy (non-hydrogen) atoms. The van der Waals surface area contributed by atoms with Gasteiger partial charge in [0.05, 0.1) is 4.90 Å². The second-order valence-corrected chi connectivity index (χ2v) is 8.55. The maximum absolute atomic E-state index is 12.6. The van der Waals surface area contributed by atoms with Gasteiger partial charge < -0.3 is 9.64 Å². The van der Waals surface area contributed by atoms with Crippen LogP contribution in [-0.2, 0) is 14.8 Å². The van der Waals surface area contributed by atoms with E-state index in [1.54, 1.807) is 35.2 Å². The number of benzene rings is 2. The van der Waals surface area contributed by atoms with Gasteiger partial charge in [0.1, 0.15) is 5.75 Å². The Bertz CT molecular complexity index is 885. The summed E-state index contributed by atoms with van der Waals surface area (Å²) in [6.07, 6.45) is 0. The molecule has 3 rings (SSSR count). The molecule has 7 heteroatoms. The Morgan fingerprint density at radius 1 is 0.926 bits per heavy atom. The van der Waals surface area contributed by atoms with Crippen LogP contribution in [0.5, 0.6) is 5.75 Å². The van der Waals surface area contributed by atoms with E-state index in [0.717, 1.165) is 16.9 Å². The molecule has 0 unspecified atom stereocenters. The summed E-state index contributed by atoms with van der Waals surface area (Å²) >= 11 is 0. The number of ether oxygens (including phenoxy) is 1. The van der Waals surface area contributed by atoms with Crippen LogP contribution in [0.25, 0.3) is 0 Å². The number of nitrogens with zero attached hydrogens (tertiary/aromatic N) is 2. The van der Waals surface area contributed by atoms with Crippen LogP contribution in [0, 0.1) is 13.8 Å². The molecule has 0 N–H and O–H groups in total. The zero-order chi connectivity index (χ0) is 19.4. The van der Waals surface area contributed by atoms with Gasteiger partial charge in [0.15, 0.2) is 6.61 Å². The molecule has 1 aliphatic rings. The standard InChI is InChI=1S/C20H24N2O4S/c1-16-7-6-8-17(2)20(16)26-15-19(23)21-11-13-22(14-12-21)27(24,25)18-9-4-3-5-10-18/h3-10H,11-15H2,1-2H3. The maximum atomic E-state index is 12.6. The SMILES string of the molecule is Cc1cccc(C)c1OCC(=O)N1CCN(S(=O)(=O)c2ccccc2)CC1. The minimum absolute atomic E-state index is 0.0445. The van der Waals surface area contributed by atoms with E-state index in [1.165, 1.54) is 4.31 Å². The van der Waals surface area contributed by atoms with Crippen molar-refractivity contribution in [3.63, 3.8) is 0 Å². The van der Waals surface area contributed by atoms with E-state index in [9.17, 15) is 13.2 Å². The smallest absolute Gasteiger partial charge is 0.260 e. The second-order valence-electron chi connectivity index (χ2n) is 6.61. The monoisotopic (exact) mass is 388 g/mol. The number of sulfonamides is 1. The predicted molar refractivity (Wildman–Crippen MR) is 103 cm³/mol. The zero-order valence-electron chi connectivity index (χ0n) is 15.6. The van der Waals surface area contributed by atoms with Crippen LogP contribution in [0.2, 0.25) is 0 Å². The molecule has 1 amide bonds. The van der Waals surface area contributed by atoms with Gasteiger partial charge in [-0.25, -0.2) is 8.42 Å². The minimum atomic E-state index is -3.51. The lowest BCUT2D eigenvalue weighted by atomic mass is 10.1. The molecule has 0 spiro atoms. The van der Waals surface area contributed by atoms with Crippen LogP contribution in [0.1, 0.15) is 11.1 Å². The van der Waals surface area contributed by atoms with E-state index in [-0.39, 0.29) is 30.5 Å². The van der Waals surface area contributed by atoms with Crippen molar-refractivity contribution < 1.29 is 17.9 Å². The van der Waals surface area contributed by atoms with Crippen LogP contribution in [0.15, 0.2) is 53.4 Å². The molecule has 1 aliphatic heterocycles. The number of amides is 1. The summed E-state index contributed by atoms with van der Waals surface area (Å²) in [5, 5.41) is 0. The molecule has 6 nitrogen and oxygen atoms in total. The predicted octanol–water partition coefficient (Wildman–Crippen LogP) is 2.22. The van der Waals surface area contributed by atoms with Gasteiger partial charge in [-0.05, 0) is 37.1 Å². The highest BCUT2D eigenvalue weighted by molar-refractivity contribution is 7.89. The number of carbonyl (C=O) groups is 1. The molecule has 1 saturated heterocycles. The fraction of sp³-hybridized carbons (Fsp3) is 0.350. The third kappa shape index (κ3) is 4.31. The van der Waals surface area contributed by atoms with Crippen LogP contribution < -0.4 is 4.74 Å². The normalized spacial score (nSPS) is 15.6. The number of hydrogen-bond acceptors (Lipinski definition) is 4. The van der Waals surface area contributed by atoms with Gasteiger partial charge in [-0.1, -0.05) is 36.4 Å². The number of aryl methyl sites for hydroxylation is 2. The summed E-state index contributed by atoms with van der Waals surface area (Å²) in [6, 6.07) is 14.2. The highest BCUT2D eigenvalue weighted by atomic mass is 32.2. The van der Waals surface area contributed by atoms with Crippen molar-refractivity contribution in [1.29, 1.82) is 0 Å². The van der Waals surface area contributed by atoms with E-state index in [0.29, 0.717) is 13.1 Å². The van der Waals surface area contributed by atoms with Gasteiger partial charge in [0.2, 0.25) is 10.0 Å². The Balaban J connectivity index is 1.57. The summed E-state index contributed by atoms with van der Waals surface area (Å²) in [5.74, 6) is 0.602. The lowest BCUT2D eigenvalue weighted by Crippen LogP contribution is -2.51. The zero-order valence-corrected chi connectivity index (χ0v) is 16.4. The molecule has 0 atom stereocenters. The first-order valence-electron chi connectivity index (χ1n) is 8.91. The number of para-hydroxylation sites is 1. The fourth-order valence-corrected chi connectivity index (χ4v) is 4.61. The van der Waals surface area contributed by atoms with Gasteiger partial charge in [0.25, 0.3) is 5.91 Å². The first-order chi connectivity index (χ1) is 12.9. The van der Waals surface area contributed by atoms with E-state index in [1.807, 2.05) is 32.0 Å². The van der Waals surface area contributed by atoms with Gasteiger partial charge in [0, 0.05) is 26.2 Å². The van der Waals surface area contributed by atoms with Crippen molar-refractivity contribution in [2.24, 2.45) is 0 Å². The molecule has 1 fully saturated rings. The van der Waals surface area contributed by atoms with Crippen molar-refractivity contribution in [2.75, 3.05) is 32.8 Å². The fourth-order valence-electron chi connectivity index (χ4n) is 3.17. The lowest BCUT2D eigenvalue weighted by molar-refractivity contribution is -0.134. The van der Waals surface area contributed by atoms with Crippen LogP contribution in [0.4, 0.5) is 0 Å². The van der Waals surface area contributed by atoms with Gasteiger partial charge in [-0.2, -0.15) is 4.31 Å². The summed E-state index contributed by atoms with van der Waals surface area (Å²) in [6.45, 7) is 5.14. The molecule has 0 bridgehead atoms. The highest BCUT2D eigenvalue weighted by Gasteiger charge is 2.30. The van der Waals surface area contributed by atoms with Crippen molar-refractivity contribution in [3.8, 4) is 5.75 Å². The quantitative estimate of drug-likeness (QED) is 0.788. The summed E-state index contributed by atoms with van der Waals surface area (Å²) in [5.41, 5.74) is 1.98. The molecule has 2 aromatic carbocycles. The third-order valence-electron chi connectivity index (χ3n) is 4.72. The van der Waals surface area contributed by atoms with Gasteiger partial charge >= 0.3 is 0 Å². The average Bonchev–Trinajstić information content (AvgIpc) is 2.68. The van der Waals surface area contributed by atoms with Crippen molar-refractivity contribution in [3.05, 3.63) is 59.7 Å². The largest absolute Gasteiger partial charge is 0.483 e. The summed E-state index contributed by atoms with van der Waals surface area (Å²) in [4.78, 5) is 14.4. The van der Waals surface area contributed by atoms with E-state index >= 15 is 0 Å². The molecule has 144 valence electrons. The van der Waals surface area contributed by atoms with Crippen LogP contribution >= 0.6 is 0 Å². The molecule has 0 saturated carbocycles. The Kier molecular flexibility index (Phi) is 5.82. The Hall–Kier alpha value is -2.38. The lowest BCUT2D eigenvalue weighted by Gasteiger charge is -2.34. The minimum Gasteiger partial charge on any atom is -0.483 e. The number of carbonyl (C=O) groups excluding carboxylic acids is 1. The molecule has 0 aliphatic carbocycles. The number of piperazine rings is 1. The molecule has 0 radical (unpaired) electrons. The van der Waals surface area contributed by atoms with Crippen molar-refractivity contribution >= 4 is 15.9 Å². The second kappa shape index (κ2) is 8.10. The van der Waals surface area contributed by atoms with Crippen LogP contribution in [-0.4, -0.2) is 56.3 Å². The third-order valence-corrected chi connectivity index (χ3v) is 6.63. The Morgan fingerprint density at radius 3 is 2.11 bits per heavy atom. The Morgan fingerprint density at radius 2 is 1.52 bits per heavy atom. The molecular formula is C20H24N2O4S. The molecular weight excluding hydrogens is 364 g/mol. The summed E-state index contributed by atoms with van der Waals surface area (Å²) in [7, 11) is -3.51. The number of hydrogen-bond donors (Lipinski definition) is 0. The van der Waals surface area contributed by atoms with Gasteiger partial charge in [-0.3, -0.25) is 4.79 Å². The van der Waals surface area contributed by atoms with E-state index < -0.39 is 10.0 Å². The Labute approximate surface area is 160 Å². The maximum Gasteiger partial charge on any atom is 0.260 e.